The van der Waals surface area contributed by atoms with E-state index in [1.54, 1.807) is 0 Å². The molecule has 0 aliphatic heterocycles. The lowest BCUT2D eigenvalue weighted by Crippen LogP contribution is -2.50. The van der Waals surface area contributed by atoms with E-state index in [2.05, 4.69) is 0 Å². The third-order valence-corrected chi connectivity index (χ3v) is 2.43. The number of hydrogen-bond acceptors (Lipinski definition) is 6. The van der Waals surface area contributed by atoms with E-state index >= 15 is 0 Å². The summed E-state index contributed by atoms with van der Waals surface area (Å²) >= 11 is 0. The van der Waals surface area contributed by atoms with E-state index in [-0.39, 0.29) is 13.2 Å². The largest absolute Gasteiger partial charge is 0.394 e. The zero-order valence-electron chi connectivity index (χ0n) is 10.3. The van der Waals surface area contributed by atoms with Gasteiger partial charge >= 0.3 is 0 Å². The van der Waals surface area contributed by atoms with Crippen LogP contribution in [0.15, 0.2) is 0 Å². The number of methoxy groups -OCH3 is 4. The molecule has 0 saturated carbocycles. The van der Waals surface area contributed by atoms with Crippen LogP contribution in [0.1, 0.15) is 0 Å². The smallest absolute Gasteiger partial charge is 0.114 e. The number of aliphatic hydroxyl groups excluding tert-OH is 2. The highest BCUT2D eigenvalue weighted by Crippen LogP contribution is 2.14. The molecule has 0 spiro atoms. The second-order valence-electron chi connectivity index (χ2n) is 3.38. The molecule has 0 bridgehead atoms. The van der Waals surface area contributed by atoms with E-state index in [1.165, 1.54) is 28.4 Å². The van der Waals surface area contributed by atoms with E-state index in [0.717, 1.165) is 0 Å². The van der Waals surface area contributed by atoms with Gasteiger partial charge in [0.1, 0.15) is 24.4 Å². The molecule has 0 fully saturated rings. The predicted octanol–water partition coefficient (Wildman–Crippen LogP) is -0.969. The van der Waals surface area contributed by atoms with Gasteiger partial charge in [-0.2, -0.15) is 0 Å². The summed E-state index contributed by atoms with van der Waals surface area (Å²) in [6.07, 6.45) is -2.59. The summed E-state index contributed by atoms with van der Waals surface area (Å²) in [5, 5.41) is 18.9. The van der Waals surface area contributed by atoms with Crippen LogP contribution < -0.4 is 0 Å². The third-order valence-electron chi connectivity index (χ3n) is 2.43. The number of rotatable bonds is 9. The zero-order chi connectivity index (χ0) is 12.6. The van der Waals surface area contributed by atoms with Gasteiger partial charge in [-0.1, -0.05) is 0 Å². The molecule has 16 heavy (non-hydrogen) atoms. The summed E-state index contributed by atoms with van der Waals surface area (Å²) in [6, 6.07) is 0. The normalized spacial score (nSPS) is 19.1. The van der Waals surface area contributed by atoms with Crippen molar-refractivity contribution in [2.75, 3.05) is 41.7 Å². The molecule has 0 heterocycles. The van der Waals surface area contributed by atoms with Gasteiger partial charge in [-0.15, -0.1) is 0 Å². The van der Waals surface area contributed by atoms with Gasteiger partial charge in [0.15, 0.2) is 0 Å². The van der Waals surface area contributed by atoms with Gasteiger partial charge in [-0.25, -0.2) is 0 Å². The van der Waals surface area contributed by atoms with E-state index in [4.69, 9.17) is 24.1 Å². The monoisotopic (exact) mass is 238 g/mol. The summed E-state index contributed by atoms with van der Waals surface area (Å²) in [4.78, 5) is 0. The van der Waals surface area contributed by atoms with Crippen molar-refractivity contribution in [3.05, 3.63) is 0 Å². The molecule has 6 nitrogen and oxygen atoms in total. The fraction of sp³-hybridized carbons (Fsp3) is 1.00. The summed E-state index contributed by atoms with van der Waals surface area (Å²) in [6.45, 7) is -0.0885. The van der Waals surface area contributed by atoms with Crippen LogP contribution in [0.5, 0.6) is 0 Å². The Balaban J connectivity index is 4.59. The molecule has 0 unspecified atom stereocenters. The number of ether oxygens (including phenoxy) is 4. The summed E-state index contributed by atoms with van der Waals surface area (Å²) in [5.41, 5.74) is 0. The van der Waals surface area contributed by atoms with Crippen molar-refractivity contribution in [3.8, 4) is 0 Å². The van der Waals surface area contributed by atoms with Gasteiger partial charge in [0.05, 0.1) is 13.2 Å². The first kappa shape index (κ1) is 15.8. The minimum absolute atomic E-state index is 0.125. The molecule has 0 saturated heterocycles. The van der Waals surface area contributed by atoms with Crippen LogP contribution in [0.4, 0.5) is 0 Å². The van der Waals surface area contributed by atoms with E-state index in [1.807, 2.05) is 0 Å². The first-order valence-electron chi connectivity index (χ1n) is 5.02. The molecule has 2 N–H and O–H groups in total. The maximum absolute atomic E-state index is 9.78. The fourth-order valence-corrected chi connectivity index (χ4v) is 1.59. The molecule has 6 heteroatoms. The maximum Gasteiger partial charge on any atom is 0.114 e. The summed E-state index contributed by atoms with van der Waals surface area (Å²) in [7, 11) is 5.87. The first-order valence-corrected chi connectivity index (χ1v) is 5.02. The van der Waals surface area contributed by atoms with Crippen LogP contribution in [-0.4, -0.2) is 76.3 Å². The topological polar surface area (TPSA) is 77.4 Å². The molecule has 0 radical (unpaired) electrons. The minimum atomic E-state index is -0.843. The number of hydrogen-bond donors (Lipinski definition) is 2. The number of aliphatic hydroxyl groups is 2. The van der Waals surface area contributed by atoms with Gasteiger partial charge in [0.2, 0.25) is 0 Å². The Morgan fingerprint density at radius 1 is 0.938 bits per heavy atom. The van der Waals surface area contributed by atoms with E-state index in [9.17, 15) is 5.11 Å². The summed E-state index contributed by atoms with van der Waals surface area (Å²) < 4.78 is 20.2. The molecule has 0 aromatic carbocycles. The van der Waals surface area contributed by atoms with Crippen LogP contribution in [0.25, 0.3) is 0 Å². The van der Waals surface area contributed by atoms with Crippen molar-refractivity contribution < 1.29 is 29.2 Å². The average molecular weight is 238 g/mol. The zero-order valence-corrected chi connectivity index (χ0v) is 10.3. The molecule has 0 aliphatic carbocycles. The van der Waals surface area contributed by atoms with Gasteiger partial charge in [-0.3, -0.25) is 0 Å². The Bertz CT molecular complexity index is 161. The van der Waals surface area contributed by atoms with Gasteiger partial charge < -0.3 is 29.2 Å². The highest BCUT2D eigenvalue weighted by atomic mass is 16.6. The molecule has 0 aromatic rings. The Morgan fingerprint density at radius 3 is 1.81 bits per heavy atom. The van der Waals surface area contributed by atoms with Crippen molar-refractivity contribution in [3.63, 3.8) is 0 Å². The predicted molar refractivity (Wildman–Crippen MR) is 57.4 cm³/mol. The maximum atomic E-state index is 9.78. The highest BCUT2D eigenvalue weighted by Gasteiger charge is 2.34. The lowest BCUT2D eigenvalue weighted by Gasteiger charge is -2.32. The van der Waals surface area contributed by atoms with E-state index in [0.29, 0.717) is 0 Å². The van der Waals surface area contributed by atoms with Crippen molar-refractivity contribution in [1.29, 1.82) is 0 Å². The van der Waals surface area contributed by atoms with Gasteiger partial charge in [0.25, 0.3) is 0 Å². The minimum Gasteiger partial charge on any atom is -0.394 e. The lowest BCUT2D eigenvalue weighted by molar-refractivity contribution is -0.158. The van der Waals surface area contributed by atoms with Crippen LogP contribution in [0.3, 0.4) is 0 Å². The molecule has 98 valence electrons. The second kappa shape index (κ2) is 8.86. The summed E-state index contributed by atoms with van der Waals surface area (Å²) in [5.74, 6) is 0. The fourth-order valence-electron chi connectivity index (χ4n) is 1.59. The molecule has 0 aromatic heterocycles. The van der Waals surface area contributed by atoms with Crippen molar-refractivity contribution in [1.82, 2.24) is 0 Å². The Morgan fingerprint density at radius 2 is 1.50 bits per heavy atom. The highest BCUT2D eigenvalue weighted by molar-refractivity contribution is 4.84. The molecular formula is C10H22O6. The standard InChI is InChI=1S/C10H22O6/c1-13-6-7(12)9(15-3)10(16-4)8(5-11)14-2/h7-12H,5-6H2,1-4H3/t7-,8+,9-,10-/m1/s1. The van der Waals surface area contributed by atoms with Crippen LogP contribution in [0.2, 0.25) is 0 Å². The molecule has 0 aliphatic rings. The Hall–Kier alpha value is -0.240. The Labute approximate surface area is 96.1 Å². The van der Waals surface area contributed by atoms with Crippen LogP contribution in [-0.2, 0) is 18.9 Å². The molecule has 0 amide bonds. The quantitative estimate of drug-likeness (QED) is 0.538. The van der Waals surface area contributed by atoms with Crippen LogP contribution in [0, 0.1) is 0 Å². The van der Waals surface area contributed by atoms with Crippen molar-refractivity contribution >= 4 is 0 Å². The van der Waals surface area contributed by atoms with Gasteiger partial charge in [-0.05, 0) is 0 Å². The SMILES string of the molecule is COC[C@@H](O)[C@@H](OC)[C@H](OC)[C@H](CO)OC. The second-order valence-corrected chi connectivity index (χ2v) is 3.38. The first-order chi connectivity index (χ1) is 7.65. The van der Waals surface area contributed by atoms with Crippen molar-refractivity contribution in [2.24, 2.45) is 0 Å². The lowest BCUT2D eigenvalue weighted by atomic mass is 10.0. The average Bonchev–Trinajstić information content (AvgIpc) is 2.29. The van der Waals surface area contributed by atoms with Gasteiger partial charge in [0, 0.05) is 28.4 Å². The van der Waals surface area contributed by atoms with E-state index < -0.39 is 24.4 Å². The van der Waals surface area contributed by atoms with Crippen LogP contribution >= 0.6 is 0 Å². The molecule has 0 rings (SSSR count). The third kappa shape index (κ3) is 4.32. The molecular weight excluding hydrogens is 216 g/mol. The van der Waals surface area contributed by atoms with Crippen molar-refractivity contribution in [2.45, 2.75) is 24.4 Å². The Kier molecular flexibility index (Phi) is 8.73. The molecule has 4 atom stereocenters.